The van der Waals surface area contributed by atoms with Gasteiger partial charge in [0.2, 0.25) is 0 Å². The number of carbonyl (C=O) groups is 1. The zero-order valence-electron chi connectivity index (χ0n) is 8.09. The third kappa shape index (κ3) is 3.76. The van der Waals surface area contributed by atoms with Crippen LogP contribution in [0.15, 0.2) is 16.5 Å². The molecule has 1 aromatic heterocycles. The summed E-state index contributed by atoms with van der Waals surface area (Å²) in [5.74, 6) is 2.98. The number of thioether (sulfide) groups is 1. The summed E-state index contributed by atoms with van der Waals surface area (Å²) in [6.45, 7) is 2.16. The molecule has 0 saturated carbocycles. The van der Waals surface area contributed by atoms with Gasteiger partial charge in [-0.25, -0.2) is 0 Å². The highest BCUT2D eigenvalue weighted by Gasteiger charge is 2.07. The van der Waals surface area contributed by atoms with Gasteiger partial charge in [0.15, 0.2) is 5.76 Å². The fraction of sp³-hybridized carbons (Fsp3) is 0.500. The first-order chi connectivity index (χ1) is 6.74. The van der Waals surface area contributed by atoms with Crippen LogP contribution in [0.5, 0.6) is 0 Å². The second-order valence-electron chi connectivity index (χ2n) is 2.95. The lowest BCUT2D eigenvalue weighted by Gasteiger charge is -1.96. The summed E-state index contributed by atoms with van der Waals surface area (Å²) in [6.07, 6.45) is 2.42. The molecule has 0 fully saturated rings. The summed E-state index contributed by atoms with van der Waals surface area (Å²) in [4.78, 5) is 10.7. The van der Waals surface area contributed by atoms with Crippen LogP contribution in [0, 0.1) is 0 Å². The van der Waals surface area contributed by atoms with Crippen LogP contribution < -0.4 is 0 Å². The van der Waals surface area contributed by atoms with Gasteiger partial charge in [0.05, 0.1) is 5.75 Å². The molecular weight excluding hydrogens is 220 g/mol. The summed E-state index contributed by atoms with van der Waals surface area (Å²) in [5.41, 5.74) is 0. The lowest BCUT2D eigenvalue weighted by Crippen LogP contribution is -1.83. The number of unbranched alkanes of at least 4 members (excludes halogenated alkanes) is 1. The van der Waals surface area contributed by atoms with Crippen molar-refractivity contribution in [2.75, 3.05) is 5.75 Å². The molecule has 1 rings (SSSR count). The van der Waals surface area contributed by atoms with Crippen molar-refractivity contribution in [2.45, 2.75) is 25.5 Å². The van der Waals surface area contributed by atoms with Crippen molar-refractivity contribution in [3.63, 3.8) is 0 Å². The lowest BCUT2D eigenvalue weighted by molar-refractivity contribution is 0.105. The van der Waals surface area contributed by atoms with E-state index in [4.69, 9.17) is 16.0 Å². The van der Waals surface area contributed by atoms with Crippen LogP contribution in [-0.4, -0.2) is 11.0 Å². The van der Waals surface area contributed by atoms with Gasteiger partial charge >= 0.3 is 0 Å². The lowest BCUT2D eigenvalue weighted by atomic mass is 10.4. The van der Waals surface area contributed by atoms with Crippen LogP contribution in [0.25, 0.3) is 0 Å². The average Bonchev–Trinajstić information content (AvgIpc) is 2.61. The van der Waals surface area contributed by atoms with E-state index in [-0.39, 0.29) is 5.76 Å². The predicted molar refractivity (Wildman–Crippen MR) is 60.0 cm³/mol. The molecule has 0 aliphatic rings. The molecule has 0 atom stereocenters. The van der Waals surface area contributed by atoms with E-state index >= 15 is 0 Å². The number of furan rings is 1. The smallest absolute Gasteiger partial charge is 0.287 e. The first-order valence-corrected chi connectivity index (χ1v) is 6.13. The highest BCUT2D eigenvalue weighted by molar-refractivity contribution is 7.98. The van der Waals surface area contributed by atoms with E-state index in [0.29, 0.717) is 0 Å². The zero-order valence-corrected chi connectivity index (χ0v) is 9.66. The van der Waals surface area contributed by atoms with E-state index in [1.54, 1.807) is 12.1 Å². The minimum absolute atomic E-state index is 0.234. The third-order valence-corrected chi connectivity index (χ3v) is 2.99. The van der Waals surface area contributed by atoms with Gasteiger partial charge in [0.1, 0.15) is 5.76 Å². The molecule has 2 nitrogen and oxygen atoms in total. The molecule has 1 aromatic rings. The predicted octanol–water partition coefficient (Wildman–Crippen LogP) is 3.69. The fourth-order valence-corrected chi connectivity index (χ4v) is 2.08. The summed E-state index contributed by atoms with van der Waals surface area (Å²) < 4.78 is 5.22. The van der Waals surface area contributed by atoms with E-state index in [1.165, 1.54) is 12.8 Å². The van der Waals surface area contributed by atoms with Crippen molar-refractivity contribution in [3.8, 4) is 0 Å². The molecule has 0 aliphatic heterocycles. The van der Waals surface area contributed by atoms with Gasteiger partial charge in [0, 0.05) is 0 Å². The van der Waals surface area contributed by atoms with Gasteiger partial charge in [-0.15, -0.1) is 0 Å². The van der Waals surface area contributed by atoms with Gasteiger partial charge < -0.3 is 4.42 Å². The minimum Gasteiger partial charge on any atom is -0.456 e. The number of halogens is 1. The molecule has 0 bridgehead atoms. The quantitative estimate of drug-likeness (QED) is 0.554. The SMILES string of the molecule is CCCCSCc1ccc(C(=O)Cl)o1. The van der Waals surface area contributed by atoms with E-state index in [2.05, 4.69) is 6.92 Å². The summed E-state index contributed by atoms with van der Waals surface area (Å²) in [7, 11) is 0. The Balaban J connectivity index is 2.33. The summed E-state index contributed by atoms with van der Waals surface area (Å²) in [6, 6.07) is 3.42. The van der Waals surface area contributed by atoms with Gasteiger partial charge in [-0.3, -0.25) is 4.79 Å². The van der Waals surface area contributed by atoms with Crippen LogP contribution in [0.4, 0.5) is 0 Å². The Kier molecular flexibility index (Phi) is 5.12. The zero-order chi connectivity index (χ0) is 10.4. The van der Waals surface area contributed by atoms with Crippen molar-refractivity contribution in [2.24, 2.45) is 0 Å². The molecule has 0 saturated heterocycles. The molecule has 1 heterocycles. The Morgan fingerprint density at radius 2 is 2.36 bits per heavy atom. The van der Waals surface area contributed by atoms with Gasteiger partial charge in [-0.05, 0) is 35.9 Å². The van der Waals surface area contributed by atoms with Crippen molar-refractivity contribution in [1.29, 1.82) is 0 Å². The highest BCUT2D eigenvalue weighted by Crippen LogP contribution is 2.17. The first-order valence-electron chi connectivity index (χ1n) is 4.60. The van der Waals surface area contributed by atoms with E-state index in [9.17, 15) is 4.79 Å². The maximum absolute atomic E-state index is 10.7. The minimum atomic E-state index is -0.533. The molecule has 4 heteroatoms. The van der Waals surface area contributed by atoms with Crippen molar-refractivity contribution < 1.29 is 9.21 Å². The van der Waals surface area contributed by atoms with Crippen molar-refractivity contribution in [1.82, 2.24) is 0 Å². The van der Waals surface area contributed by atoms with Crippen LogP contribution in [0.2, 0.25) is 0 Å². The maximum Gasteiger partial charge on any atom is 0.287 e. The second kappa shape index (κ2) is 6.14. The third-order valence-electron chi connectivity index (χ3n) is 1.74. The van der Waals surface area contributed by atoms with Crippen LogP contribution in [0.3, 0.4) is 0 Å². The molecule has 14 heavy (non-hydrogen) atoms. The standard InChI is InChI=1S/C10H13ClO2S/c1-2-3-6-14-7-8-4-5-9(13-8)10(11)12/h4-5H,2-3,6-7H2,1H3. The van der Waals surface area contributed by atoms with Crippen molar-refractivity contribution in [3.05, 3.63) is 23.7 Å². The van der Waals surface area contributed by atoms with Crippen LogP contribution in [0.1, 0.15) is 36.1 Å². The molecule has 0 radical (unpaired) electrons. The van der Waals surface area contributed by atoms with Crippen molar-refractivity contribution >= 4 is 28.6 Å². The monoisotopic (exact) mass is 232 g/mol. The molecule has 0 N–H and O–H groups in total. The molecule has 0 unspecified atom stereocenters. The summed E-state index contributed by atoms with van der Waals surface area (Å²) >= 11 is 7.07. The Hall–Kier alpha value is -0.410. The Morgan fingerprint density at radius 1 is 1.57 bits per heavy atom. The van der Waals surface area contributed by atoms with E-state index < -0.39 is 5.24 Å². The maximum atomic E-state index is 10.7. The molecule has 0 spiro atoms. The Bertz CT molecular complexity index is 296. The fourth-order valence-electron chi connectivity index (χ4n) is 0.980. The molecule has 78 valence electrons. The molecule has 0 amide bonds. The number of hydrogen-bond donors (Lipinski definition) is 0. The van der Waals surface area contributed by atoms with E-state index in [0.717, 1.165) is 17.3 Å². The largest absolute Gasteiger partial charge is 0.456 e. The Labute approximate surface area is 93.0 Å². The Morgan fingerprint density at radius 3 is 2.93 bits per heavy atom. The molecular formula is C10H13ClO2S. The van der Waals surface area contributed by atoms with Gasteiger partial charge in [-0.1, -0.05) is 13.3 Å². The number of hydrogen-bond acceptors (Lipinski definition) is 3. The second-order valence-corrected chi connectivity index (χ2v) is 4.39. The number of rotatable bonds is 6. The average molecular weight is 233 g/mol. The van der Waals surface area contributed by atoms with Crippen LogP contribution >= 0.6 is 23.4 Å². The molecule has 0 aliphatic carbocycles. The number of carbonyl (C=O) groups excluding carboxylic acids is 1. The topological polar surface area (TPSA) is 30.2 Å². The van der Waals surface area contributed by atoms with Crippen LogP contribution in [-0.2, 0) is 5.75 Å². The van der Waals surface area contributed by atoms with Gasteiger partial charge in [0.25, 0.3) is 5.24 Å². The highest BCUT2D eigenvalue weighted by atomic mass is 35.5. The first kappa shape index (κ1) is 11.7. The normalized spacial score (nSPS) is 10.4. The molecule has 0 aromatic carbocycles. The van der Waals surface area contributed by atoms with E-state index in [1.807, 2.05) is 11.8 Å². The summed E-state index contributed by atoms with van der Waals surface area (Å²) in [5, 5.41) is -0.533. The van der Waals surface area contributed by atoms with Gasteiger partial charge in [-0.2, -0.15) is 11.8 Å².